The zero-order valence-electron chi connectivity index (χ0n) is 8.95. The first-order valence-electron chi connectivity index (χ1n) is 4.67. The molecule has 7 heteroatoms. The van der Waals surface area contributed by atoms with Gasteiger partial charge < -0.3 is 15.9 Å². The van der Waals surface area contributed by atoms with Crippen LogP contribution in [0.15, 0.2) is 23.4 Å². The lowest BCUT2D eigenvalue weighted by Crippen LogP contribution is -2.01. The quantitative estimate of drug-likeness (QED) is 0.689. The van der Waals surface area contributed by atoms with Crippen molar-refractivity contribution in [3.63, 3.8) is 0 Å². The number of nitrogens with two attached hydrogens (primary N) is 1. The molecule has 0 radical (unpaired) electrons. The third kappa shape index (κ3) is 2.56. The van der Waals surface area contributed by atoms with Crippen molar-refractivity contribution in [1.82, 2.24) is 15.0 Å². The Kier molecular flexibility index (Phi) is 3.01. The molecule has 0 saturated carbocycles. The van der Waals surface area contributed by atoms with E-state index in [1.54, 1.807) is 0 Å². The molecule has 0 saturated heterocycles. The summed E-state index contributed by atoms with van der Waals surface area (Å²) in [6, 6.07) is 4.11. The van der Waals surface area contributed by atoms with Crippen LogP contribution in [-0.4, -0.2) is 31.4 Å². The number of thioether (sulfide) groups is 1. The van der Waals surface area contributed by atoms with E-state index in [4.69, 9.17) is 5.73 Å². The Morgan fingerprint density at radius 3 is 2.29 bits per heavy atom. The second-order valence-corrected chi connectivity index (χ2v) is 4.02. The summed E-state index contributed by atoms with van der Waals surface area (Å²) < 4.78 is 0. The Balaban J connectivity index is 2.55. The smallest absolute Gasteiger partial charge is 0.224 e. The molecule has 0 bridgehead atoms. The minimum Gasteiger partial charge on any atom is -0.508 e. The van der Waals surface area contributed by atoms with Crippen LogP contribution in [0.25, 0.3) is 11.4 Å². The zero-order valence-corrected chi connectivity index (χ0v) is 9.77. The van der Waals surface area contributed by atoms with E-state index in [1.807, 2.05) is 6.26 Å². The van der Waals surface area contributed by atoms with Crippen LogP contribution in [0.1, 0.15) is 0 Å². The maximum atomic E-state index is 9.38. The number of phenols is 2. The molecule has 0 amide bonds. The van der Waals surface area contributed by atoms with Crippen LogP contribution >= 0.6 is 11.8 Å². The first kappa shape index (κ1) is 11.5. The van der Waals surface area contributed by atoms with E-state index in [-0.39, 0.29) is 17.4 Å². The number of nitrogen functional groups attached to an aromatic ring is 1. The van der Waals surface area contributed by atoms with E-state index in [0.717, 1.165) is 0 Å². The van der Waals surface area contributed by atoms with Gasteiger partial charge in [-0.25, -0.2) is 4.98 Å². The molecule has 2 aromatic rings. The molecule has 88 valence electrons. The molecule has 1 heterocycles. The molecular formula is C10H10N4O2S. The molecule has 4 N–H and O–H groups in total. The summed E-state index contributed by atoms with van der Waals surface area (Å²) in [5.41, 5.74) is 6.03. The molecule has 6 nitrogen and oxygen atoms in total. The highest BCUT2D eigenvalue weighted by atomic mass is 32.2. The molecule has 0 atom stereocenters. The van der Waals surface area contributed by atoms with Gasteiger partial charge in [0.15, 0.2) is 11.0 Å². The number of hydrogen-bond acceptors (Lipinski definition) is 7. The minimum atomic E-state index is -0.0651. The van der Waals surface area contributed by atoms with Gasteiger partial charge in [0.1, 0.15) is 11.5 Å². The van der Waals surface area contributed by atoms with Gasteiger partial charge >= 0.3 is 0 Å². The van der Waals surface area contributed by atoms with Crippen molar-refractivity contribution in [1.29, 1.82) is 0 Å². The summed E-state index contributed by atoms with van der Waals surface area (Å²) >= 11 is 1.33. The largest absolute Gasteiger partial charge is 0.508 e. The Bertz CT molecular complexity index is 542. The lowest BCUT2D eigenvalue weighted by molar-refractivity contribution is 0.451. The van der Waals surface area contributed by atoms with Crippen LogP contribution in [0.3, 0.4) is 0 Å². The van der Waals surface area contributed by atoms with Crippen molar-refractivity contribution in [3.05, 3.63) is 18.2 Å². The fourth-order valence-corrected chi connectivity index (χ4v) is 1.68. The molecule has 17 heavy (non-hydrogen) atoms. The minimum absolute atomic E-state index is 0.0651. The highest BCUT2D eigenvalue weighted by Crippen LogP contribution is 2.27. The SMILES string of the molecule is CSc1nc(N)nc(-c2cc(O)cc(O)c2)n1. The van der Waals surface area contributed by atoms with E-state index in [0.29, 0.717) is 16.5 Å². The molecule has 0 aliphatic rings. The van der Waals surface area contributed by atoms with Gasteiger partial charge in [-0.3, -0.25) is 0 Å². The fourth-order valence-electron chi connectivity index (χ4n) is 1.32. The average molecular weight is 250 g/mol. The molecule has 0 aliphatic heterocycles. The third-order valence-corrected chi connectivity index (χ3v) is 2.52. The Hall–Kier alpha value is -2.02. The first-order valence-corrected chi connectivity index (χ1v) is 5.90. The topological polar surface area (TPSA) is 105 Å². The van der Waals surface area contributed by atoms with Crippen molar-refractivity contribution >= 4 is 17.7 Å². The molecule has 0 unspecified atom stereocenters. The van der Waals surface area contributed by atoms with Gasteiger partial charge in [-0.2, -0.15) is 9.97 Å². The number of rotatable bonds is 2. The summed E-state index contributed by atoms with van der Waals surface area (Å²) in [6.07, 6.45) is 1.82. The summed E-state index contributed by atoms with van der Waals surface area (Å²) in [7, 11) is 0. The molecule has 2 rings (SSSR count). The molecule has 1 aromatic carbocycles. The number of nitrogens with zero attached hydrogens (tertiary/aromatic N) is 3. The van der Waals surface area contributed by atoms with Gasteiger partial charge in [-0.1, -0.05) is 11.8 Å². The average Bonchev–Trinajstić information content (AvgIpc) is 2.26. The van der Waals surface area contributed by atoms with Gasteiger partial charge in [0.2, 0.25) is 5.95 Å². The lowest BCUT2D eigenvalue weighted by atomic mass is 10.2. The number of anilines is 1. The number of aromatic nitrogens is 3. The highest BCUT2D eigenvalue weighted by Gasteiger charge is 2.08. The molecule has 0 aliphatic carbocycles. The van der Waals surface area contributed by atoms with Crippen LogP contribution in [0.5, 0.6) is 11.5 Å². The maximum absolute atomic E-state index is 9.38. The summed E-state index contributed by atoms with van der Waals surface area (Å²) in [5, 5.41) is 19.2. The summed E-state index contributed by atoms with van der Waals surface area (Å²) in [4.78, 5) is 12.0. The maximum Gasteiger partial charge on any atom is 0.224 e. The standard InChI is InChI=1S/C10H10N4O2S/c1-17-10-13-8(12-9(11)14-10)5-2-6(15)4-7(16)3-5/h2-4,15-16H,1H3,(H2,11,12,13,14). The van der Waals surface area contributed by atoms with Gasteiger partial charge in [0.05, 0.1) is 0 Å². The van der Waals surface area contributed by atoms with Crippen LogP contribution in [0, 0.1) is 0 Å². The number of hydrogen-bond donors (Lipinski definition) is 3. The molecule has 1 aromatic heterocycles. The van der Waals surface area contributed by atoms with E-state index in [2.05, 4.69) is 15.0 Å². The summed E-state index contributed by atoms with van der Waals surface area (Å²) in [5.74, 6) is 0.282. The van der Waals surface area contributed by atoms with Crippen molar-refractivity contribution < 1.29 is 10.2 Å². The lowest BCUT2D eigenvalue weighted by Gasteiger charge is -2.04. The van der Waals surface area contributed by atoms with E-state index < -0.39 is 0 Å². The normalized spacial score (nSPS) is 10.4. The molecule has 0 spiro atoms. The molecule has 0 fully saturated rings. The highest BCUT2D eigenvalue weighted by molar-refractivity contribution is 7.98. The van der Waals surface area contributed by atoms with E-state index in [1.165, 1.54) is 30.0 Å². The number of aromatic hydroxyl groups is 2. The van der Waals surface area contributed by atoms with Crippen molar-refractivity contribution in [2.24, 2.45) is 0 Å². The van der Waals surface area contributed by atoms with Gasteiger partial charge in [-0.15, -0.1) is 0 Å². The molecular weight excluding hydrogens is 240 g/mol. The van der Waals surface area contributed by atoms with E-state index in [9.17, 15) is 10.2 Å². The number of phenolic OH excluding ortho intramolecular Hbond substituents is 2. The Labute approximate surface area is 102 Å². The van der Waals surface area contributed by atoms with Gasteiger partial charge in [0, 0.05) is 11.6 Å². The Morgan fingerprint density at radius 1 is 1.06 bits per heavy atom. The second kappa shape index (κ2) is 4.46. The van der Waals surface area contributed by atoms with Crippen LogP contribution in [0.4, 0.5) is 5.95 Å². The van der Waals surface area contributed by atoms with Crippen LogP contribution in [-0.2, 0) is 0 Å². The van der Waals surface area contributed by atoms with Crippen LogP contribution < -0.4 is 5.73 Å². The Morgan fingerprint density at radius 2 is 1.71 bits per heavy atom. The van der Waals surface area contributed by atoms with Crippen LogP contribution in [0.2, 0.25) is 0 Å². The van der Waals surface area contributed by atoms with Gasteiger partial charge in [-0.05, 0) is 18.4 Å². The summed E-state index contributed by atoms with van der Waals surface area (Å²) in [6.45, 7) is 0. The third-order valence-electron chi connectivity index (χ3n) is 1.98. The zero-order chi connectivity index (χ0) is 12.4. The van der Waals surface area contributed by atoms with Gasteiger partial charge in [0.25, 0.3) is 0 Å². The predicted molar refractivity (Wildman–Crippen MR) is 64.8 cm³/mol. The predicted octanol–water partition coefficient (Wildman–Crippen LogP) is 1.25. The number of benzene rings is 1. The van der Waals surface area contributed by atoms with Crippen molar-refractivity contribution in [2.45, 2.75) is 5.16 Å². The second-order valence-electron chi connectivity index (χ2n) is 3.24. The first-order chi connectivity index (χ1) is 8.08. The van der Waals surface area contributed by atoms with Crippen molar-refractivity contribution in [3.8, 4) is 22.9 Å². The van der Waals surface area contributed by atoms with E-state index >= 15 is 0 Å². The monoisotopic (exact) mass is 250 g/mol. The fraction of sp³-hybridized carbons (Fsp3) is 0.100. The van der Waals surface area contributed by atoms with Crippen molar-refractivity contribution in [2.75, 3.05) is 12.0 Å².